The van der Waals surface area contributed by atoms with Crippen molar-refractivity contribution in [1.82, 2.24) is 10.2 Å². The summed E-state index contributed by atoms with van der Waals surface area (Å²) in [5.74, 6) is -1.07. The summed E-state index contributed by atoms with van der Waals surface area (Å²) in [7, 11) is 0. The zero-order chi connectivity index (χ0) is 16.4. The summed E-state index contributed by atoms with van der Waals surface area (Å²) in [4.78, 5) is 21.1. The van der Waals surface area contributed by atoms with Crippen LogP contribution >= 0.6 is 11.6 Å². The van der Waals surface area contributed by atoms with Crippen molar-refractivity contribution in [3.8, 4) is 0 Å². The fraction of sp³-hybridized carbons (Fsp3) is 0.467. The van der Waals surface area contributed by atoms with Gasteiger partial charge in [0.25, 0.3) is 0 Å². The largest absolute Gasteiger partial charge is 0.521 e. The predicted octanol–water partition coefficient (Wildman–Crippen LogP) is 1.21. The average Bonchev–Trinajstić information content (AvgIpc) is 2.50. The molecular weight excluding hydrogens is 565 g/mol. The molecule has 0 atom stereocenters. The normalized spacial score (nSPS) is 14.0. The number of ether oxygens (including phenoxy) is 1. The van der Waals surface area contributed by atoms with Crippen LogP contribution in [0.2, 0.25) is 5.02 Å². The van der Waals surface area contributed by atoms with E-state index in [-0.39, 0.29) is 6.54 Å². The van der Waals surface area contributed by atoms with Gasteiger partial charge >= 0.3 is 5.97 Å². The minimum absolute atomic E-state index is 0. The molecule has 1 heterocycles. The van der Waals surface area contributed by atoms with Crippen molar-refractivity contribution in [1.29, 1.82) is 0 Å². The summed E-state index contributed by atoms with van der Waals surface area (Å²) in [5, 5.41) is 10.5. The number of halogens is 1. The number of morpholine rings is 1. The van der Waals surface area contributed by atoms with E-state index in [1.54, 1.807) is 0 Å². The van der Waals surface area contributed by atoms with Crippen LogP contribution in [0.3, 0.4) is 0 Å². The zero-order valence-electron chi connectivity index (χ0n) is 12.8. The number of carboxylic acids is 1. The molecule has 134 valence electrons. The van der Waals surface area contributed by atoms with E-state index in [0.29, 0.717) is 0 Å². The van der Waals surface area contributed by atoms with Gasteiger partial charge in [-0.2, -0.15) is 6.41 Å². The molecule has 1 saturated heterocycles. The maximum absolute atomic E-state index is 9.52. The van der Waals surface area contributed by atoms with Crippen molar-refractivity contribution >= 4 is 24.0 Å². The van der Waals surface area contributed by atoms with E-state index in [1.807, 2.05) is 17.4 Å². The van der Waals surface area contributed by atoms with Crippen LogP contribution in [0.25, 0.3) is 0 Å². The summed E-state index contributed by atoms with van der Waals surface area (Å²) < 4.78 is 5.32. The molecule has 0 spiro atoms. The third kappa shape index (κ3) is 8.40. The molecule has 0 radical (unpaired) electrons. The Kier molecular flexibility index (Phi) is 9.75. The number of amides is 1. The van der Waals surface area contributed by atoms with Gasteiger partial charge < -0.3 is 20.0 Å². The number of nitrogens with one attached hydrogen (secondary N) is 1. The summed E-state index contributed by atoms with van der Waals surface area (Å²) in [6.45, 7) is 6.53. The van der Waals surface area contributed by atoms with Gasteiger partial charge in [0, 0.05) is 24.7 Å². The van der Waals surface area contributed by atoms with Gasteiger partial charge in [-0.1, -0.05) is 17.7 Å². The van der Waals surface area contributed by atoms with Crippen LogP contribution in [-0.4, -0.2) is 55.2 Å². The molecule has 0 aromatic heterocycles. The van der Waals surface area contributed by atoms with E-state index in [0.717, 1.165) is 37.9 Å². The minimum atomic E-state index is -1.07. The SMILES string of the molecule is Cc1cc(Cl)ccc1CN1CCOCC1.O=[C-]NCC(=O)O.[Fm]. The Bertz CT molecular complexity index is 496. The standard InChI is InChI=1S/C12H16ClNO.C3H4NO3.Fm/c1-10-8-12(13)3-2-11(10)9-14-4-6-15-7-5-14;5-2-4-1-3(6)7;/h2-3,8H,4-7,9H2,1H3;1H2,(H,4,5)(H,6,7);/q;-1;. The van der Waals surface area contributed by atoms with E-state index in [4.69, 9.17) is 21.4 Å². The van der Waals surface area contributed by atoms with Gasteiger partial charge in [0.05, 0.1) is 19.8 Å². The minimum Gasteiger partial charge on any atom is -0.521 e. The maximum atomic E-state index is 9.52. The Hall–Kier alpha value is -2.63. The van der Waals surface area contributed by atoms with Crippen LogP contribution < -0.4 is 5.32 Å². The Morgan fingerprint density at radius 1 is 1.43 bits per heavy atom. The van der Waals surface area contributed by atoms with E-state index in [1.165, 1.54) is 17.5 Å². The maximum Gasteiger partial charge on any atom is 0.320 e. The number of benzene rings is 1. The summed E-state index contributed by atoms with van der Waals surface area (Å²) >= 11 is 5.93. The first-order chi connectivity index (χ1) is 10.5. The third-order valence-electron chi connectivity index (χ3n) is 3.11. The number of nitrogens with zero attached hydrogens (tertiary/aromatic N) is 1. The van der Waals surface area contributed by atoms with Gasteiger partial charge in [-0.3, -0.25) is 9.69 Å². The fourth-order valence-electron chi connectivity index (χ4n) is 1.95. The first-order valence-electron chi connectivity index (χ1n) is 6.90. The number of carbonyl (C=O) groups is 1. The molecule has 6 nitrogen and oxygen atoms in total. The van der Waals surface area contributed by atoms with Gasteiger partial charge in [0.15, 0.2) is 0 Å². The Balaban J connectivity index is 0.000000522. The molecule has 23 heavy (non-hydrogen) atoms. The van der Waals surface area contributed by atoms with E-state index >= 15 is 0 Å². The molecule has 2 rings (SSSR count). The zero-order valence-corrected chi connectivity index (χ0v) is 15.9. The number of hydrogen-bond acceptors (Lipinski definition) is 4. The van der Waals surface area contributed by atoms with Crippen molar-refractivity contribution in [3.05, 3.63) is 34.3 Å². The van der Waals surface area contributed by atoms with Crippen LogP contribution in [0.15, 0.2) is 18.2 Å². The van der Waals surface area contributed by atoms with Gasteiger partial charge in [-0.25, -0.2) is 0 Å². The van der Waals surface area contributed by atoms with Crippen molar-refractivity contribution < 1.29 is 19.4 Å². The second-order valence-corrected chi connectivity index (χ2v) is 5.25. The molecule has 0 unspecified atom stereocenters. The number of carbonyl (C=O) groups excluding carboxylic acids is 1. The van der Waals surface area contributed by atoms with Gasteiger partial charge in [0.2, 0.25) is 0 Å². The second kappa shape index (κ2) is 11.0. The Labute approximate surface area is 135 Å². The molecule has 0 bridgehead atoms. The first kappa shape index (κ1) is 20.4. The van der Waals surface area contributed by atoms with E-state index in [9.17, 15) is 9.59 Å². The van der Waals surface area contributed by atoms with Crippen molar-refractivity contribution in [2.45, 2.75) is 13.5 Å². The van der Waals surface area contributed by atoms with E-state index in [2.05, 4.69) is 17.9 Å². The van der Waals surface area contributed by atoms with Crippen LogP contribution in [-0.2, 0) is 20.9 Å². The average molecular weight is 585 g/mol. The summed E-state index contributed by atoms with van der Waals surface area (Å²) in [5.41, 5.74) is 2.63. The monoisotopic (exact) mass is 584 g/mol. The molecule has 1 aromatic rings. The Morgan fingerprint density at radius 3 is 2.57 bits per heavy atom. The smallest absolute Gasteiger partial charge is 0.320 e. The summed E-state index contributed by atoms with van der Waals surface area (Å²) in [6, 6.07) is 6.11. The third-order valence-corrected chi connectivity index (χ3v) is 3.35. The second-order valence-electron chi connectivity index (χ2n) is 4.81. The van der Waals surface area contributed by atoms with Crippen LogP contribution in [0, 0.1) is 6.92 Å². The molecule has 1 aliphatic heterocycles. The molecule has 0 saturated carbocycles. The molecule has 0 aliphatic carbocycles. The van der Waals surface area contributed by atoms with Crippen LogP contribution in [0.5, 0.6) is 0 Å². The van der Waals surface area contributed by atoms with Crippen LogP contribution in [0.4, 0.5) is 0 Å². The molecular formula is C15H20ClFmN2O4-. The van der Waals surface area contributed by atoms with E-state index < -0.39 is 5.97 Å². The Morgan fingerprint density at radius 2 is 2.09 bits per heavy atom. The fourth-order valence-corrected chi connectivity index (χ4v) is 2.18. The van der Waals surface area contributed by atoms with Crippen molar-refractivity contribution in [2.24, 2.45) is 0 Å². The number of hydrogen-bond donors (Lipinski definition) is 2. The van der Waals surface area contributed by atoms with Gasteiger partial charge in [0.1, 0.15) is 0 Å². The number of rotatable bonds is 5. The molecule has 1 aliphatic rings. The van der Waals surface area contributed by atoms with Gasteiger partial charge in [-0.05, 0) is 30.2 Å². The van der Waals surface area contributed by atoms with Crippen molar-refractivity contribution in [3.63, 3.8) is 0 Å². The molecule has 1 aromatic carbocycles. The summed E-state index contributed by atoms with van der Waals surface area (Å²) in [6.07, 6.45) is 1.22. The first-order valence-corrected chi connectivity index (χ1v) is 7.27. The molecule has 8 heteroatoms. The number of carboxylic acid groups (broad SMARTS) is 1. The quantitative estimate of drug-likeness (QED) is 0.402. The van der Waals surface area contributed by atoms with Gasteiger partial charge in [-0.15, -0.1) is 0 Å². The number of aliphatic carboxylic acids is 1. The molecule has 1 amide bonds. The molecule has 2 N–H and O–H groups in total. The van der Waals surface area contributed by atoms with Crippen LogP contribution in [0.1, 0.15) is 11.1 Å². The number of aryl methyl sites for hydroxylation is 1. The van der Waals surface area contributed by atoms with Crippen molar-refractivity contribution in [2.75, 3.05) is 32.8 Å². The topological polar surface area (TPSA) is 78.9 Å². The molecule has 1 fully saturated rings. The predicted molar refractivity (Wildman–Crippen MR) is 83.6 cm³/mol.